The van der Waals surface area contributed by atoms with Gasteiger partial charge in [-0.2, -0.15) is 5.10 Å². The van der Waals surface area contributed by atoms with E-state index in [0.717, 1.165) is 30.2 Å². The summed E-state index contributed by atoms with van der Waals surface area (Å²) in [6.45, 7) is 9.02. The third-order valence-electron chi connectivity index (χ3n) is 3.89. The van der Waals surface area contributed by atoms with Gasteiger partial charge in [-0.1, -0.05) is 0 Å². The zero-order valence-electron chi connectivity index (χ0n) is 13.5. The van der Waals surface area contributed by atoms with Crippen molar-refractivity contribution in [3.63, 3.8) is 0 Å². The predicted octanol–water partition coefficient (Wildman–Crippen LogP) is 1.02. The maximum atomic E-state index is 12.1. The molecule has 0 aromatic carbocycles. The average molecular weight is 308 g/mol. The molecule has 2 rings (SSSR count). The molecule has 0 aliphatic carbocycles. The third kappa shape index (κ3) is 3.78. The Labute approximate surface area is 130 Å². The number of nitrogens with one attached hydrogen (secondary N) is 1. The van der Waals surface area contributed by atoms with E-state index in [1.807, 2.05) is 18.7 Å². The topological polar surface area (TPSA) is 78.5 Å². The number of aromatic amines is 1. The molecule has 1 amide bonds. The fraction of sp³-hybridized carbons (Fsp3) is 0.667. The molecule has 7 heteroatoms. The van der Waals surface area contributed by atoms with Crippen LogP contribution in [0.3, 0.4) is 0 Å². The number of ether oxygens (including phenoxy) is 1. The molecule has 1 aromatic rings. The van der Waals surface area contributed by atoms with Gasteiger partial charge in [0.2, 0.25) is 5.91 Å². The van der Waals surface area contributed by atoms with E-state index in [1.54, 1.807) is 6.92 Å². The van der Waals surface area contributed by atoms with E-state index >= 15 is 0 Å². The summed E-state index contributed by atoms with van der Waals surface area (Å²) in [5.41, 5.74) is 3.18. The summed E-state index contributed by atoms with van der Waals surface area (Å²) in [6, 6.07) is 0. The molecule has 0 saturated carbocycles. The molecule has 2 heterocycles. The van der Waals surface area contributed by atoms with Gasteiger partial charge in [0.25, 0.3) is 0 Å². The van der Waals surface area contributed by atoms with Crippen LogP contribution in [0.5, 0.6) is 0 Å². The smallest absolute Gasteiger partial charge is 0.306 e. The first-order valence-corrected chi connectivity index (χ1v) is 7.72. The van der Waals surface area contributed by atoms with Gasteiger partial charge in [0, 0.05) is 32.6 Å². The molecule has 0 spiro atoms. The van der Waals surface area contributed by atoms with Crippen molar-refractivity contribution in [2.24, 2.45) is 0 Å². The van der Waals surface area contributed by atoms with Crippen molar-refractivity contribution in [2.75, 3.05) is 37.7 Å². The maximum Gasteiger partial charge on any atom is 0.306 e. The van der Waals surface area contributed by atoms with E-state index in [0.29, 0.717) is 19.7 Å². The molecule has 1 aliphatic rings. The van der Waals surface area contributed by atoms with Crippen LogP contribution in [0, 0.1) is 13.8 Å². The number of esters is 1. The zero-order chi connectivity index (χ0) is 16.1. The first-order chi connectivity index (χ1) is 10.5. The van der Waals surface area contributed by atoms with Gasteiger partial charge in [-0.15, -0.1) is 0 Å². The van der Waals surface area contributed by atoms with E-state index in [2.05, 4.69) is 15.1 Å². The van der Waals surface area contributed by atoms with Crippen molar-refractivity contribution in [3.05, 3.63) is 11.4 Å². The second-order valence-electron chi connectivity index (χ2n) is 5.46. The molecule has 1 fully saturated rings. The standard InChI is InChI=1S/C15H24N4O3/c1-4-22-14(21)6-5-13(20)18-7-9-19(10-8-18)15-11(2)16-17-12(15)3/h4-10H2,1-3H3,(H,16,17). The largest absolute Gasteiger partial charge is 0.466 e. The summed E-state index contributed by atoms with van der Waals surface area (Å²) < 4.78 is 4.84. The van der Waals surface area contributed by atoms with Crippen LogP contribution in [0.25, 0.3) is 0 Å². The molecule has 0 atom stereocenters. The lowest BCUT2D eigenvalue weighted by Gasteiger charge is -2.36. The van der Waals surface area contributed by atoms with Crippen LogP contribution in [0.4, 0.5) is 5.69 Å². The van der Waals surface area contributed by atoms with Crippen LogP contribution in [0.2, 0.25) is 0 Å². The average Bonchev–Trinajstić information content (AvgIpc) is 2.84. The minimum atomic E-state index is -0.306. The van der Waals surface area contributed by atoms with Crippen LogP contribution >= 0.6 is 0 Å². The number of anilines is 1. The van der Waals surface area contributed by atoms with Crippen LogP contribution < -0.4 is 4.90 Å². The van der Waals surface area contributed by atoms with Crippen molar-refractivity contribution in [3.8, 4) is 0 Å². The third-order valence-corrected chi connectivity index (χ3v) is 3.89. The fourth-order valence-corrected chi connectivity index (χ4v) is 2.79. The number of aromatic nitrogens is 2. The predicted molar refractivity (Wildman–Crippen MR) is 82.7 cm³/mol. The number of rotatable bonds is 5. The van der Waals surface area contributed by atoms with Crippen molar-refractivity contribution in [1.82, 2.24) is 15.1 Å². The lowest BCUT2D eigenvalue weighted by molar-refractivity contribution is -0.145. The lowest BCUT2D eigenvalue weighted by atomic mass is 10.2. The van der Waals surface area contributed by atoms with Gasteiger partial charge in [-0.05, 0) is 20.8 Å². The SMILES string of the molecule is CCOC(=O)CCC(=O)N1CCN(c2c(C)n[nH]c2C)CC1. The minimum Gasteiger partial charge on any atom is -0.466 e. The van der Waals surface area contributed by atoms with E-state index in [-0.39, 0.29) is 24.7 Å². The Morgan fingerprint density at radius 3 is 2.41 bits per heavy atom. The summed E-state index contributed by atoms with van der Waals surface area (Å²) >= 11 is 0. The number of amides is 1. The summed E-state index contributed by atoms with van der Waals surface area (Å²) in [6.07, 6.45) is 0.384. The molecule has 1 aliphatic heterocycles. The first-order valence-electron chi connectivity index (χ1n) is 7.72. The Morgan fingerprint density at radius 2 is 1.86 bits per heavy atom. The van der Waals surface area contributed by atoms with E-state index < -0.39 is 0 Å². The number of carbonyl (C=O) groups excluding carboxylic acids is 2. The highest BCUT2D eigenvalue weighted by molar-refractivity contribution is 5.81. The number of H-pyrrole nitrogens is 1. The van der Waals surface area contributed by atoms with Crippen molar-refractivity contribution in [1.29, 1.82) is 0 Å². The second-order valence-corrected chi connectivity index (χ2v) is 5.46. The normalized spacial score (nSPS) is 15.0. The monoisotopic (exact) mass is 308 g/mol. The van der Waals surface area contributed by atoms with E-state index in [4.69, 9.17) is 4.74 Å². The van der Waals surface area contributed by atoms with Crippen molar-refractivity contribution >= 4 is 17.6 Å². The van der Waals surface area contributed by atoms with Gasteiger partial charge in [-0.25, -0.2) is 0 Å². The summed E-state index contributed by atoms with van der Waals surface area (Å²) in [5.74, 6) is -0.285. The number of hydrogen-bond donors (Lipinski definition) is 1. The van der Waals surface area contributed by atoms with Gasteiger partial charge in [0.1, 0.15) is 0 Å². The zero-order valence-corrected chi connectivity index (χ0v) is 13.5. The second kappa shape index (κ2) is 7.29. The lowest BCUT2D eigenvalue weighted by Crippen LogP contribution is -2.49. The molecule has 0 unspecified atom stereocenters. The van der Waals surface area contributed by atoms with Gasteiger partial charge in [0.15, 0.2) is 0 Å². The Morgan fingerprint density at radius 1 is 1.18 bits per heavy atom. The minimum absolute atomic E-state index is 0.0216. The number of hydrogen-bond acceptors (Lipinski definition) is 5. The highest BCUT2D eigenvalue weighted by Crippen LogP contribution is 2.23. The van der Waals surface area contributed by atoms with Gasteiger partial charge in [-0.3, -0.25) is 14.7 Å². The summed E-state index contributed by atoms with van der Waals surface area (Å²) in [5, 5.41) is 7.20. The molecule has 1 N–H and O–H groups in total. The quantitative estimate of drug-likeness (QED) is 0.822. The van der Waals surface area contributed by atoms with Crippen LogP contribution in [0.15, 0.2) is 0 Å². The van der Waals surface area contributed by atoms with E-state index in [1.165, 1.54) is 0 Å². The molecular weight excluding hydrogens is 284 g/mol. The molecule has 0 radical (unpaired) electrons. The Balaban J connectivity index is 1.82. The molecule has 122 valence electrons. The van der Waals surface area contributed by atoms with E-state index in [9.17, 15) is 9.59 Å². The number of nitrogens with zero attached hydrogens (tertiary/aromatic N) is 3. The number of piperazine rings is 1. The Hall–Kier alpha value is -2.05. The molecule has 0 bridgehead atoms. The van der Waals surface area contributed by atoms with Crippen molar-refractivity contribution in [2.45, 2.75) is 33.6 Å². The van der Waals surface area contributed by atoms with Gasteiger partial charge in [0.05, 0.1) is 30.1 Å². The fourth-order valence-electron chi connectivity index (χ4n) is 2.79. The van der Waals surface area contributed by atoms with Gasteiger partial charge < -0.3 is 14.5 Å². The Bertz CT molecular complexity index is 513. The molecule has 22 heavy (non-hydrogen) atoms. The summed E-state index contributed by atoms with van der Waals surface area (Å²) in [4.78, 5) is 27.5. The van der Waals surface area contributed by atoms with Crippen LogP contribution in [-0.2, 0) is 14.3 Å². The molecule has 1 saturated heterocycles. The highest BCUT2D eigenvalue weighted by atomic mass is 16.5. The molecule has 7 nitrogen and oxygen atoms in total. The number of carbonyl (C=O) groups is 2. The first kappa shape index (κ1) is 16.3. The van der Waals surface area contributed by atoms with Crippen LogP contribution in [0.1, 0.15) is 31.2 Å². The van der Waals surface area contributed by atoms with Crippen molar-refractivity contribution < 1.29 is 14.3 Å². The Kier molecular flexibility index (Phi) is 5.41. The number of aryl methyl sites for hydroxylation is 2. The van der Waals surface area contributed by atoms with Gasteiger partial charge >= 0.3 is 5.97 Å². The maximum absolute atomic E-state index is 12.1. The van der Waals surface area contributed by atoms with Crippen LogP contribution in [-0.4, -0.2) is 59.8 Å². The molecule has 1 aromatic heterocycles. The highest BCUT2D eigenvalue weighted by Gasteiger charge is 2.24. The molecular formula is C15H24N4O3. The summed E-state index contributed by atoms with van der Waals surface area (Å²) in [7, 11) is 0.